The van der Waals surface area contributed by atoms with E-state index >= 15 is 0 Å². The van der Waals surface area contributed by atoms with Gasteiger partial charge < -0.3 is 21.1 Å². The number of nitrogens with two attached hydrogens (primary N) is 1. The highest BCUT2D eigenvalue weighted by atomic mass is 16.4. The highest BCUT2D eigenvalue weighted by Crippen LogP contribution is 2.77. The van der Waals surface area contributed by atoms with E-state index in [2.05, 4.69) is 11.4 Å². The number of nitrogens with zero attached hydrogens (tertiary/aromatic N) is 2. The van der Waals surface area contributed by atoms with Gasteiger partial charge >= 0.3 is 5.97 Å². The van der Waals surface area contributed by atoms with E-state index in [1.807, 2.05) is 0 Å². The summed E-state index contributed by atoms with van der Waals surface area (Å²) in [6.07, 6.45) is 8.91. The number of nitrogens with one attached hydrogen (secondary N) is 1. The molecule has 4 saturated carbocycles. The number of amides is 1. The van der Waals surface area contributed by atoms with Crippen LogP contribution >= 0.6 is 0 Å². The maximum absolute atomic E-state index is 10.8. The molecule has 148 valence electrons. The molecular formula is C20H30N4O3. The lowest BCUT2D eigenvalue weighted by molar-refractivity contribution is -0.138. The molecule has 27 heavy (non-hydrogen) atoms. The zero-order valence-corrected chi connectivity index (χ0v) is 16.0. The van der Waals surface area contributed by atoms with Crippen molar-refractivity contribution < 1.29 is 14.7 Å². The van der Waals surface area contributed by atoms with Gasteiger partial charge in [-0.25, -0.2) is 0 Å². The van der Waals surface area contributed by atoms with Crippen molar-refractivity contribution >= 4 is 11.9 Å². The Kier molecular flexibility index (Phi) is 4.28. The van der Waals surface area contributed by atoms with Gasteiger partial charge in [-0.05, 0) is 68.6 Å². The van der Waals surface area contributed by atoms with Gasteiger partial charge in [0.25, 0.3) is 0 Å². The lowest BCUT2D eigenvalue weighted by Gasteiger charge is -2.59. The average Bonchev–Trinajstić information content (AvgIpc) is 3.17. The monoisotopic (exact) mass is 374 g/mol. The second-order valence-corrected chi connectivity index (χ2v) is 9.61. The summed E-state index contributed by atoms with van der Waals surface area (Å²) < 4.78 is 0. The largest absolute Gasteiger partial charge is 0.480 e. The third-order valence-electron chi connectivity index (χ3n) is 8.02. The van der Waals surface area contributed by atoms with E-state index in [0.29, 0.717) is 5.41 Å². The fourth-order valence-corrected chi connectivity index (χ4v) is 7.37. The number of nitriles is 1. The second kappa shape index (κ2) is 6.18. The quantitative estimate of drug-likeness (QED) is 0.683. The summed E-state index contributed by atoms with van der Waals surface area (Å²) in [7, 11) is 0. The van der Waals surface area contributed by atoms with Crippen LogP contribution in [0.2, 0.25) is 0 Å². The van der Waals surface area contributed by atoms with E-state index < -0.39 is 5.97 Å². The van der Waals surface area contributed by atoms with Crippen LogP contribution in [0.15, 0.2) is 0 Å². The maximum Gasteiger partial charge on any atom is 0.317 e. The van der Waals surface area contributed by atoms with Gasteiger partial charge in [-0.2, -0.15) is 5.26 Å². The molecule has 5 rings (SSSR count). The molecule has 0 radical (unpaired) electrons. The minimum absolute atomic E-state index is 0.0176. The fourth-order valence-electron chi connectivity index (χ4n) is 7.37. The van der Waals surface area contributed by atoms with Crippen LogP contribution in [0.5, 0.6) is 0 Å². The number of likely N-dealkylation sites (tertiary alicyclic amines) is 1. The Hall–Kier alpha value is -1.65. The maximum atomic E-state index is 10.8. The molecule has 0 aromatic carbocycles. The van der Waals surface area contributed by atoms with Crippen molar-refractivity contribution in [2.45, 2.75) is 75.4 Å². The Morgan fingerprint density at radius 1 is 1.30 bits per heavy atom. The number of aliphatic carboxylic acids is 1. The van der Waals surface area contributed by atoms with Crippen molar-refractivity contribution in [3.8, 4) is 6.07 Å². The molecule has 4 aliphatic carbocycles. The zero-order chi connectivity index (χ0) is 19.4. The predicted molar refractivity (Wildman–Crippen MR) is 98.4 cm³/mol. The smallest absolute Gasteiger partial charge is 0.317 e. The van der Waals surface area contributed by atoms with Gasteiger partial charge in [-0.3, -0.25) is 9.59 Å². The minimum Gasteiger partial charge on any atom is -0.480 e. The number of carboxylic acid groups (broad SMARTS) is 1. The van der Waals surface area contributed by atoms with E-state index in [1.165, 1.54) is 26.2 Å². The molecular weight excluding hydrogens is 344 g/mol. The van der Waals surface area contributed by atoms with Gasteiger partial charge in [0.1, 0.15) is 6.04 Å². The molecule has 5 aliphatic rings. The molecule has 6 unspecified atom stereocenters. The lowest BCUT2D eigenvalue weighted by atomic mass is 9.51. The van der Waals surface area contributed by atoms with Crippen LogP contribution in [0.25, 0.3) is 0 Å². The van der Waals surface area contributed by atoms with Crippen molar-refractivity contribution in [3.63, 3.8) is 0 Å². The van der Waals surface area contributed by atoms with E-state index in [4.69, 9.17) is 16.1 Å². The normalized spacial score (nSPS) is 45.5. The first-order valence-electron chi connectivity index (χ1n) is 10.2. The Morgan fingerprint density at radius 2 is 2.07 bits per heavy atom. The van der Waals surface area contributed by atoms with Gasteiger partial charge in [-0.15, -0.1) is 0 Å². The van der Waals surface area contributed by atoms with E-state index in [-0.39, 0.29) is 29.6 Å². The zero-order valence-electron chi connectivity index (χ0n) is 16.0. The van der Waals surface area contributed by atoms with Gasteiger partial charge in [0, 0.05) is 24.5 Å². The fraction of sp³-hybridized carbons (Fsp3) is 0.850. The highest BCUT2D eigenvalue weighted by molar-refractivity contribution is 5.74. The van der Waals surface area contributed by atoms with Gasteiger partial charge in [0.05, 0.1) is 12.6 Å². The van der Waals surface area contributed by atoms with Crippen LogP contribution in [0.4, 0.5) is 0 Å². The molecule has 7 nitrogen and oxygen atoms in total. The molecule has 1 heterocycles. The average molecular weight is 374 g/mol. The van der Waals surface area contributed by atoms with Crippen LogP contribution in [0.3, 0.4) is 0 Å². The SMILES string of the molecule is CC(=O)N1CCCC1C#N.NC12CC3CC4(NCC(=O)O)CC(C1)C4(C3)C2. The Labute approximate surface area is 160 Å². The lowest BCUT2D eigenvalue weighted by Crippen LogP contribution is -2.66. The molecule has 3 bridgehead atoms. The third kappa shape index (κ3) is 2.76. The first-order chi connectivity index (χ1) is 12.7. The first-order valence-corrected chi connectivity index (χ1v) is 10.2. The number of hydrogen-bond donors (Lipinski definition) is 3. The van der Waals surface area contributed by atoms with Crippen LogP contribution in [0.1, 0.15) is 58.3 Å². The molecule has 4 N–H and O–H groups in total. The van der Waals surface area contributed by atoms with Crippen LogP contribution in [0, 0.1) is 28.6 Å². The number of carboxylic acids is 1. The number of carbonyl (C=O) groups excluding carboxylic acids is 1. The summed E-state index contributed by atoms with van der Waals surface area (Å²) in [5.74, 6) is 0.783. The second-order valence-electron chi connectivity index (χ2n) is 9.61. The van der Waals surface area contributed by atoms with Gasteiger partial charge in [0.15, 0.2) is 0 Å². The first kappa shape index (κ1) is 18.7. The van der Waals surface area contributed by atoms with Gasteiger partial charge in [-0.1, -0.05) is 0 Å². The molecule has 1 amide bonds. The standard InChI is InChI=1S/C13H20N2O2.C7H10N2O/c14-11-1-8-2-12(7-11)9(4-11)5-13(12,3-8)15-6-10(16)17;1-6(10)9-4-2-3-7(9)5-8/h8-9,15H,1-7,14H2,(H,16,17);7H,2-4H2,1H3. The number of fused-ring (bicyclic) bond motifs is 2. The molecule has 1 spiro atoms. The van der Waals surface area contributed by atoms with Crippen molar-refractivity contribution in [1.82, 2.24) is 10.2 Å². The van der Waals surface area contributed by atoms with Crippen LogP contribution in [-0.2, 0) is 9.59 Å². The summed E-state index contributed by atoms with van der Waals surface area (Å²) in [4.78, 5) is 23.2. The molecule has 1 aliphatic heterocycles. The molecule has 5 fully saturated rings. The van der Waals surface area contributed by atoms with Gasteiger partial charge in [0.2, 0.25) is 5.91 Å². The summed E-state index contributed by atoms with van der Waals surface area (Å²) in [5, 5.41) is 20.8. The van der Waals surface area contributed by atoms with Crippen molar-refractivity contribution in [1.29, 1.82) is 5.26 Å². The van der Waals surface area contributed by atoms with Crippen molar-refractivity contribution in [3.05, 3.63) is 0 Å². The van der Waals surface area contributed by atoms with Crippen LogP contribution < -0.4 is 11.1 Å². The van der Waals surface area contributed by atoms with E-state index in [0.717, 1.165) is 50.5 Å². The molecule has 6 atom stereocenters. The predicted octanol–water partition coefficient (Wildman–Crippen LogP) is 1.23. The Morgan fingerprint density at radius 3 is 2.70 bits per heavy atom. The Balaban J connectivity index is 0.000000155. The van der Waals surface area contributed by atoms with E-state index in [1.54, 1.807) is 4.90 Å². The summed E-state index contributed by atoms with van der Waals surface area (Å²) >= 11 is 0. The van der Waals surface area contributed by atoms with Crippen molar-refractivity contribution in [2.24, 2.45) is 23.0 Å². The van der Waals surface area contributed by atoms with E-state index in [9.17, 15) is 9.59 Å². The topological polar surface area (TPSA) is 119 Å². The number of carbonyl (C=O) groups is 2. The molecule has 1 saturated heterocycles. The molecule has 7 heteroatoms. The summed E-state index contributed by atoms with van der Waals surface area (Å²) in [6, 6.07) is 1.95. The summed E-state index contributed by atoms with van der Waals surface area (Å²) in [5.41, 5.74) is 7.07. The Bertz CT molecular complexity index is 702. The van der Waals surface area contributed by atoms with Crippen LogP contribution in [-0.4, -0.2) is 52.1 Å². The third-order valence-corrected chi connectivity index (χ3v) is 8.02. The number of hydrogen-bond acceptors (Lipinski definition) is 5. The molecule has 0 aromatic rings. The van der Waals surface area contributed by atoms with Crippen molar-refractivity contribution in [2.75, 3.05) is 13.1 Å². The minimum atomic E-state index is -0.738. The highest BCUT2D eigenvalue weighted by Gasteiger charge is 2.76. The molecule has 0 aromatic heterocycles. The number of rotatable bonds is 3. The summed E-state index contributed by atoms with van der Waals surface area (Å²) in [6.45, 7) is 2.38.